The lowest BCUT2D eigenvalue weighted by atomic mass is 9.88. The molecule has 1 rings (SSSR count). The quantitative estimate of drug-likeness (QED) is 0.359. The van der Waals surface area contributed by atoms with Gasteiger partial charge in [-0.05, 0) is 11.8 Å². The zero-order valence-electron chi connectivity index (χ0n) is 7.95. The average Bonchev–Trinajstić information content (AvgIpc) is 2.48. The van der Waals surface area contributed by atoms with Crippen LogP contribution in [-0.4, -0.2) is 58.1 Å². The summed E-state index contributed by atoms with van der Waals surface area (Å²) in [5.41, 5.74) is 0. The van der Waals surface area contributed by atoms with E-state index in [0.29, 0.717) is 0 Å². The Kier molecular flexibility index (Phi) is 4.28. The van der Waals surface area contributed by atoms with Gasteiger partial charge in [0.15, 0.2) is 0 Å². The summed E-state index contributed by atoms with van der Waals surface area (Å²) in [5.74, 6) is -1.57. The van der Waals surface area contributed by atoms with E-state index in [1.165, 1.54) is 0 Å². The fourth-order valence-electron chi connectivity index (χ4n) is 2.49. The van der Waals surface area contributed by atoms with Gasteiger partial charge in [-0.25, -0.2) is 0 Å². The van der Waals surface area contributed by atoms with Gasteiger partial charge in [0.25, 0.3) is 0 Å². The van der Waals surface area contributed by atoms with E-state index >= 15 is 0 Å². The molecule has 0 spiro atoms. The second kappa shape index (κ2) is 5.04. The predicted molar refractivity (Wildman–Crippen MR) is 48.3 cm³/mol. The minimum atomic E-state index is -0.848. The molecule has 1 saturated carbocycles. The molecule has 5 nitrogen and oxygen atoms in total. The lowest BCUT2D eigenvalue weighted by molar-refractivity contribution is 0.0238. The second-order valence-electron chi connectivity index (χ2n) is 3.88. The molecule has 4 atom stereocenters. The third kappa shape index (κ3) is 1.78. The van der Waals surface area contributed by atoms with Crippen LogP contribution in [0.2, 0.25) is 0 Å². The Balaban J connectivity index is 2.81. The highest BCUT2D eigenvalue weighted by atomic mass is 16.3. The minimum absolute atomic E-state index is 0.190. The third-order valence-electron chi connectivity index (χ3n) is 3.37. The molecule has 0 amide bonds. The summed E-state index contributed by atoms with van der Waals surface area (Å²) in [6.07, 6.45) is -0.848. The predicted octanol–water partition coefficient (Wildman–Crippen LogP) is -2.21. The van der Waals surface area contributed by atoms with Crippen molar-refractivity contribution in [1.82, 2.24) is 0 Å². The van der Waals surface area contributed by atoms with E-state index in [9.17, 15) is 5.11 Å². The Bertz CT molecular complexity index is 157. The first-order chi connectivity index (χ1) is 6.71. The van der Waals surface area contributed by atoms with Gasteiger partial charge in [-0.2, -0.15) is 0 Å². The molecule has 5 N–H and O–H groups in total. The Hall–Kier alpha value is -0.200. The van der Waals surface area contributed by atoms with Crippen LogP contribution in [0.5, 0.6) is 0 Å². The first-order valence-electron chi connectivity index (χ1n) is 4.82. The van der Waals surface area contributed by atoms with Crippen LogP contribution in [-0.2, 0) is 0 Å². The fraction of sp³-hybridized carbons (Fsp3) is 1.00. The SMILES string of the molecule is OCC1C(O)C(CO)C(CO)C1CO. The van der Waals surface area contributed by atoms with Crippen molar-refractivity contribution in [3.8, 4) is 0 Å². The van der Waals surface area contributed by atoms with Crippen LogP contribution in [0.25, 0.3) is 0 Å². The molecule has 84 valence electrons. The first kappa shape index (κ1) is 11.9. The molecule has 0 radical (unpaired) electrons. The maximum absolute atomic E-state index is 9.71. The first-order valence-corrected chi connectivity index (χ1v) is 4.82. The number of aliphatic hydroxyl groups excluding tert-OH is 5. The molecule has 0 aliphatic heterocycles. The molecule has 0 aromatic carbocycles. The Labute approximate surface area is 82.6 Å². The highest BCUT2D eigenvalue weighted by Gasteiger charge is 2.48. The molecule has 1 aliphatic rings. The topological polar surface area (TPSA) is 101 Å². The summed E-state index contributed by atoms with van der Waals surface area (Å²) in [7, 11) is 0. The number of rotatable bonds is 4. The number of hydrogen-bond donors (Lipinski definition) is 5. The van der Waals surface area contributed by atoms with Gasteiger partial charge in [-0.1, -0.05) is 0 Å². The van der Waals surface area contributed by atoms with Crippen LogP contribution in [0.3, 0.4) is 0 Å². The highest BCUT2D eigenvalue weighted by Crippen LogP contribution is 2.40. The Morgan fingerprint density at radius 1 is 0.571 bits per heavy atom. The molecule has 5 heteroatoms. The van der Waals surface area contributed by atoms with Gasteiger partial charge in [0.2, 0.25) is 0 Å². The maximum atomic E-state index is 9.71. The van der Waals surface area contributed by atoms with E-state index in [0.717, 1.165) is 0 Å². The van der Waals surface area contributed by atoms with Crippen LogP contribution in [0.15, 0.2) is 0 Å². The lowest BCUT2D eigenvalue weighted by Gasteiger charge is -2.20. The molecule has 1 aliphatic carbocycles. The van der Waals surface area contributed by atoms with Gasteiger partial charge in [0.1, 0.15) is 0 Å². The van der Waals surface area contributed by atoms with E-state index < -0.39 is 17.9 Å². The largest absolute Gasteiger partial charge is 0.396 e. The Morgan fingerprint density at radius 2 is 0.857 bits per heavy atom. The highest BCUT2D eigenvalue weighted by molar-refractivity contribution is 4.96. The molecular weight excluding hydrogens is 188 g/mol. The summed E-state index contributed by atoms with van der Waals surface area (Å²) in [6.45, 7) is -0.854. The van der Waals surface area contributed by atoms with Crippen molar-refractivity contribution >= 4 is 0 Å². The van der Waals surface area contributed by atoms with Crippen LogP contribution in [0.4, 0.5) is 0 Å². The van der Waals surface area contributed by atoms with Crippen molar-refractivity contribution in [2.45, 2.75) is 6.10 Å². The molecule has 1 fully saturated rings. The Morgan fingerprint density at radius 3 is 1.07 bits per heavy atom. The zero-order valence-corrected chi connectivity index (χ0v) is 7.95. The normalized spacial score (nSPS) is 43.1. The van der Waals surface area contributed by atoms with Crippen LogP contribution in [0.1, 0.15) is 0 Å². The molecule has 0 saturated heterocycles. The number of aliphatic hydroxyl groups is 5. The standard InChI is InChI=1S/C9H18O5/c10-1-5-6(2-11)8(4-13)9(14)7(5)3-12/h5-14H,1-4H2. The molecule has 0 bridgehead atoms. The van der Waals surface area contributed by atoms with Crippen LogP contribution < -0.4 is 0 Å². The van der Waals surface area contributed by atoms with Crippen molar-refractivity contribution in [2.24, 2.45) is 23.7 Å². The fourth-order valence-corrected chi connectivity index (χ4v) is 2.49. The summed E-state index contributed by atoms with van der Waals surface area (Å²) >= 11 is 0. The van der Waals surface area contributed by atoms with Crippen molar-refractivity contribution in [2.75, 3.05) is 26.4 Å². The third-order valence-corrected chi connectivity index (χ3v) is 3.37. The monoisotopic (exact) mass is 206 g/mol. The van der Waals surface area contributed by atoms with Crippen LogP contribution >= 0.6 is 0 Å². The molecule has 14 heavy (non-hydrogen) atoms. The summed E-state index contributed by atoms with van der Waals surface area (Å²) in [6, 6.07) is 0. The molecular formula is C9H18O5. The van der Waals surface area contributed by atoms with E-state index in [1.807, 2.05) is 0 Å². The van der Waals surface area contributed by atoms with Gasteiger partial charge >= 0.3 is 0 Å². The molecule has 4 unspecified atom stereocenters. The van der Waals surface area contributed by atoms with E-state index in [-0.39, 0.29) is 38.3 Å². The van der Waals surface area contributed by atoms with Crippen molar-refractivity contribution in [1.29, 1.82) is 0 Å². The minimum Gasteiger partial charge on any atom is -0.396 e. The molecule has 0 heterocycles. The van der Waals surface area contributed by atoms with Gasteiger partial charge in [0, 0.05) is 38.3 Å². The van der Waals surface area contributed by atoms with Crippen molar-refractivity contribution in [3.63, 3.8) is 0 Å². The smallest absolute Gasteiger partial charge is 0.0647 e. The molecule has 0 aromatic rings. The number of hydrogen-bond acceptors (Lipinski definition) is 5. The van der Waals surface area contributed by atoms with Gasteiger partial charge in [-0.15, -0.1) is 0 Å². The summed E-state index contributed by atoms with van der Waals surface area (Å²) in [5, 5.41) is 45.9. The lowest BCUT2D eigenvalue weighted by Crippen LogP contribution is -2.28. The second-order valence-corrected chi connectivity index (χ2v) is 3.88. The van der Waals surface area contributed by atoms with E-state index in [2.05, 4.69) is 0 Å². The van der Waals surface area contributed by atoms with Crippen molar-refractivity contribution < 1.29 is 25.5 Å². The maximum Gasteiger partial charge on any atom is 0.0647 e. The summed E-state index contributed by atoms with van der Waals surface area (Å²) in [4.78, 5) is 0. The van der Waals surface area contributed by atoms with E-state index in [4.69, 9.17) is 20.4 Å². The molecule has 0 aromatic heterocycles. The summed E-state index contributed by atoms with van der Waals surface area (Å²) < 4.78 is 0. The van der Waals surface area contributed by atoms with Gasteiger partial charge in [-0.3, -0.25) is 0 Å². The van der Waals surface area contributed by atoms with Gasteiger partial charge < -0.3 is 25.5 Å². The van der Waals surface area contributed by atoms with E-state index in [1.54, 1.807) is 0 Å². The van der Waals surface area contributed by atoms with Crippen molar-refractivity contribution in [3.05, 3.63) is 0 Å². The van der Waals surface area contributed by atoms with Gasteiger partial charge in [0.05, 0.1) is 6.10 Å². The zero-order chi connectivity index (χ0) is 10.7. The van der Waals surface area contributed by atoms with Crippen LogP contribution in [0, 0.1) is 23.7 Å². The average molecular weight is 206 g/mol.